The number of hydrogen-bond donors (Lipinski definition) is 0. The van der Waals surface area contributed by atoms with Gasteiger partial charge in [-0.05, 0) is 18.2 Å². The van der Waals surface area contributed by atoms with Crippen molar-refractivity contribution in [2.24, 2.45) is 0 Å². The Labute approximate surface area is 104 Å². The summed E-state index contributed by atoms with van der Waals surface area (Å²) in [7, 11) is 3.14. The molecule has 2 rings (SSSR count). The molecule has 0 amide bonds. The van der Waals surface area contributed by atoms with Crippen LogP contribution in [0.25, 0.3) is 11.3 Å². The van der Waals surface area contributed by atoms with E-state index in [9.17, 15) is 4.79 Å². The molecule has 5 heteroatoms. The van der Waals surface area contributed by atoms with E-state index in [0.29, 0.717) is 22.8 Å². The molecule has 0 fully saturated rings. The lowest BCUT2D eigenvalue weighted by atomic mass is 10.1. The predicted octanol–water partition coefficient (Wildman–Crippen LogP) is 2.56. The van der Waals surface area contributed by atoms with E-state index >= 15 is 0 Å². The number of rotatable bonds is 4. The van der Waals surface area contributed by atoms with Gasteiger partial charge in [0.05, 0.1) is 19.8 Å². The fraction of sp³-hybridized carbons (Fsp3) is 0.231. The number of methoxy groups -OCH3 is 2. The first kappa shape index (κ1) is 12.2. The maximum absolute atomic E-state index is 11.2. The number of hydrogen-bond acceptors (Lipinski definition) is 5. The van der Waals surface area contributed by atoms with Crippen molar-refractivity contribution in [3.63, 3.8) is 0 Å². The quantitative estimate of drug-likeness (QED) is 0.777. The van der Waals surface area contributed by atoms with Crippen LogP contribution in [0.4, 0.5) is 0 Å². The Bertz CT molecular complexity index is 574. The number of benzene rings is 1. The van der Waals surface area contributed by atoms with Crippen LogP contribution >= 0.6 is 0 Å². The van der Waals surface area contributed by atoms with Crippen LogP contribution < -0.4 is 9.47 Å². The molecule has 2 aromatic rings. The minimum absolute atomic E-state index is 0.146. The predicted molar refractivity (Wildman–Crippen MR) is 65.0 cm³/mol. The molecule has 0 aliphatic heterocycles. The fourth-order valence-electron chi connectivity index (χ4n) is 1.57. The highest BCUT2D eigenvalue weighted by atomic mass is 16.5. The Kier molecular flexibility index (Phi) is 3.32. The van der Waals surface area contributed by atoms with E-state index in [2.05, 4.69) is 5.16 Å². The zero-order valence-electron chi connectivity index (χ0n) is 10.4. The number of Topliss-reactive ketones (excluding diaryl/α,β-unsaturated/α-hetero) is 1. The highest BCUT2D eigenvalue weighted by Crippen LogP contribution is 2.33. The van der Waals surface area contributed by atoms with Crippen LogP contribution in [-0.4, -0.2) is 25.2 Å². The topological polar surface area (TPSA) is 61.6 Å². The van der Waals surface area contributed by atoms with Gasteiger partial charge in [0.1, 0.15) is 17.2 Å². The Morgan fingerprint density at radius 3 is 2.56 bits per heavy atom. The SMILES string of the molecule is COc1ccc(OC)c(-c2cc(C(C)=O)no2)c1. The Morgan fingerprint density at radius 1 is 1.22 bits per heavy atom. The van der Waals surface area contributed by atoms with Crippen LogP contribution in [0.5, 0.6) is 11.5 Å². The summed E-state index contributed by atoms with van der Waals surface area (Å²) in [5, 5.41) is 3.70. The van der Waals surface area contributed by atoms with Gasteiger partial charge in [0.2, 0.25) is 0 Å². The third-order valence-electron chi connectivity index (χ3n) is 2.54. The minimum atomic E-state index is -0.146. The zero-order valence-corrected chi connectivity index (χ0v) is 10.4. The smallest absolute Gasteiger partial charge is 0.181 e. The van der Waals surface area contributed by atoms with Crippen LogP contribution in [-0.2, 0) is 0 Å². The van der Waals surface area contributed by atoms with Crippen molar-refractivity contribution >= 4 is 5.78 Å². The van der Waals surface area contributed by atoms with Crippen LogP contribution in [0.15, 0.2) is 28.8 Å². The van der Waals surface area contributed by atoms with Crippen LogP contribution in [0.1, 0.15) is 17.4 Å². The molecule has 0 unspecified atom stereocenters. The zero-order chi connectivity index (χ0) is 13.1. The van der Waals surface area contributed by atoms with Crippen molar-refractivity contribution in [2.45, 2.75) is 6.92 Å². The second kappa shape index (κ2) is 4.91. The summed E-state index contributed by atoms with van der Waals surface area (Å²) in [6, 6.07) is 6.90. The van der Waals surface area contributed by atoms with Crippen molar-refractivity contribution < 1.29 is 18.8 Å². The molecule has 1 heterocycles. The highest BCUT2D eigenvalue weighted by Gasteiger charge is 2.14. The summed E-state index contributed by atoms with van der Waals surface area (Å²) in [6.07, 6.45) is 0. The summed E-state index contributed by atoms with van der Waals surface area (Å²) in [4.78, 5) is 11.2. The van der Waals surface area contributed by atoms with Crippen LogP contribution in [0, 0.1) is 0 Å². The molecule has 0 N–H and O–H groups in total. The summed E-state index contributed by atoms with van der Waals surface area (Å²) in [6.45, 7) is 1.43. The molecule has 5 nitrogen and oxygen atoms in total. The van der Waals surface area contributed by atoms with Crippen molar-refractivity contribution in [3.8, 4) is 22.8 Å². The second-order valence-electron chi connectivity index (χ2n) is 3.70. The van der Waals surface area contributed by atoms with E-state index < -0.39 is 0 Å². The number of ketones is 1. The molecule has 0 saturated carbocycles. The maximum atomic E-state index is 11.2. The van der Waals surface area contributed by atoms with Crippen molar-refractivity contribution in [1.82, 2.24) is 5.16 Å². The first-order valence-electron chi connectivity index (χ1n) is 5.35. The number of nitrogens with zero attached hydrogens (tertiary/aromatic N) is 1. The molecule has 0 bridgehead atoms. The number of carbonyl (C=O) groups is 1. The maximum Gasteiger partial charge on any atom is 0.181 e. The molecule has 0 spiro atoms. The average Bonchev–Trinajstić information content (AvgIpc) is 2.87. The Hall–Kier alpha value is -2.30. The van der Waals surface area contributed by atoms with E-state index in [4.69, 9.17) is 14.0 Å². The largest absolute Gasteiger partial charge is 0.497 e. The first-order valence-corrected chi connectivity index (χ1v) is 5.35. The molecule has 0 atom stereocenters. The van der Waals surface area contributed by atoms with Gasteiger partial charge < -0.3 is 14.0 Å². The minimum Gasteiger partial charge on any atom is -0.497 e. The molecule has 94 valence electrons. The first-order chi connectivity index (χ1) is 8.65. The van der Waals surface area contributed by atoms with Gasteiger partial charge in [-0.2, -0.15) is 0 Å². The average molecular weight is 247 g/mol. The summed E-state index contributed by atoms with van der Waals surface area (Å²) < 4.78 is 15.5. The monoisotopic (exact) mass is 247 g/mol. The normalized spacial score (nSPS) is 10.2. The van der Waals surface area contributed by atoms with E-state index in [1.807, 2.05) is 0 Å². The number of ether oxygens (including phenoxy) is 2. The van der Waals surface area contributed by atoms with Crippen molar-refractivity contribution in [1.29, 1.82) is 0 Å². The molecule has 1 aromatic carbocycles. The van der Waals surface area contributed by atoms with Crippen molar-refractivity contribution in [2.75, 3.05) is 14.2 Å². The Morgan fingerprint density at radius 2 is 2.00 bits per heavy atom. The number of carbonyl (C=O) groups excluding carboxylic acids is 1. The van der Waals surface area contributed by atoms with Gasteiger partial charge >= 0.3 is 0 Å². The molecule has 1 aromatic heterocycles. The standard InChI is InChI=1S/C13H13NO4/c1-8(15)11-7-13(18-14-11)10-6-9(16-2)4-5-12(10)17-3/h4-7H,1-3H3. The lowest BCUT2D eigenvalue weighted by Crippen LogP contribution is -1.90. The molecule has 0 aliphatic carbocycles. The van der Waals surface area contributed by atoms with Gasteiger partial charge in [0.25, 0.3) is 0 Å². The molecular weight excluding hydrogens is 234 g/mol. The molecular formula is C13H13NO4. The molecule has 0 saturated heterocycles. The van der Waals surface area contributed by atoms with E-state index in [-0.39, 0.29) is 11.5 Å². The summed E-state index contributed by atoms with van der Waals surface area (Å²) in [5.41, 5.74) is 0.978. The lowest BCUT2D eigenvalue weighted by Gasteiger charge is -2.07. The fourth-order valence-corrected chi connectivity index (χ4v) is 1.57. The van der Waals surface area contributed by atoms with E-state index in [0.717, 1.165) is 0 Å². The molecule has 18 heavy (non-hydrogen) atoms. The van der Waals surface area contributed by atoms with Gasteiger partial charge in [-0.25, -0.2) is 0 Å². The number of aromatic nitrogens is 1. The third-order valence-corrected chi connectivity index (χ3v) is 2.54. The molecule has 0 radical (unpaired) electrons. The highest BCUT2D eigenvalue weighted by molar-refractivity contribution is 5.93. The van der Waals surface area contributed by atoms with Crippen LogP contribution in [0.2, 0.25) is 0 Å². The summed E-state index contributed by atoms with van der Waals surface area (Å²) in [5.74, 6) is 1.62. The third kappa shape index (κ3) is 2.20. The van der Waals surface area contributed by atoms with Crippen molar-refractivity contribution in [3.05, 3.63) is 30.0 Å². The van der Waals surface area contributed by atoms with Crippen LogP contribution in [0.3, 0.4) is 0 Å². The van der Waals surface area contributed by atoms with Gasteiger partial charge in [-0.3, -0.25) is 4.79 Å². The van der Waals surface area contributed by atoms with Gasteiger partial charge in [0, 0.05) is 13.0 Å². The van der Waals surface area contributed by atoms with Gasteiger partial charge in [0.15, 0.2) is 11.5 Å². The second-order valence-corrected chi connectivity index (χ2v) is 3.70. The summed E-state index contributed by atoms with van der Waals surface area (Å²) >= 11 is 0. The van der Waals surface area contributed by atoms with Gasteiger partial charge in [-0.1, -0.05) is 5.16 Å². The van der Waals surface area contributed by atoms with E-state index in [1.165, 1.54) is 6.92 Å². The Balaban J connectivity index is 2.50. The van der Waals surface area contributed by atoms with E-state index in [1.54, 1.807) is 38.5 Å². The molecule has 0 aliphatic rings. The lowest BCUT2D eigenvalue weighted by molar-refractivity contribution is 0.100. The van der Waals surface area contributed by atoms with Gasteiger partial charge in [-0.15, -0.1) is 0 Å².